The number of para-hydroxylation sites is 4. The van der Waals surface area contributed by atoms with Gasteiger partial charge in [-0.15, -0.1) is 0 Å². The summed E-state index contributed by atoms with van der Waals surface area (Å²) < 4.78 is 4.90. The van der Waals surface area contributed by atoms with Gasteiger partial charge >= 0.3 is 0 Å². The third-order valence-corrected chi connectivity index (χ3v) is 29.3. The molecule has 27 rings (SSSR count). The molecule has 141 heavy (non-hydrogen) atoms. The van der Waals surface area contributed by atoms with Gasteiger partial charge in [0.05, 0.1) is 22.1 Å². The fourth-order valence-electron chi connectivity index (χ4n) is 22.7. The molecule has 0 amide bonds. The van der Waals surface area contributed by atoms with Gasteiger partial charge in [-0.2, -0.15) is 0 Å². The third-order valence-electron chi connectivity index (χ3n) is 29.3. The number of aromatic nitrogens is 2. The summed E-state index contributed by atoms with van der Waals surface area (Å²) in [6, 6.07) is 196. The molecule has 2 heterocycles. The zero-order valence-electron chi connectivity index (χ0n) is 78.1. The predicted molar refractivity (Wildman–Crippen MR) is 600 cm³/mol. The Morgan fingerprint density at radius 2 is 0.404 bits per heavy atom. The first-order valence-corrected chi connectivity index (χ1v) is 48.8. The molecule has 1 aliphatic rings. The van der Waals surface area contributed by atoms with Crippen molar-refractivity contribution in [3.63, 3.8) is 0 Å². The number of hydrogen-bond donors (Lipinski definition) is 0. The highest BCUT2D eigenvalue weighted by Crippen LogP contribution is 2.53. The lowest BCUT2D eigenvalue weighted by atomic mass is 9.81. The van der Waals surface area contributed by atoms with E-state index >= 15 is 0 Å². The van der Waals surface area contributed by atoms with Gasteiger partial charge in [-0.3, -0.25) is 0 Å². The first-order chi connectivity index (χ1) is 69.7. The minimum Gasteiger partial charge on any atom is -0.311 e. The molecule has 4 nitrogen and oxygen atoms in total. The Hall–Kier alpha value is -18.2. The van der Waals surface area contributed by atoms with E-state index in [0.717, 1.165) is 45.5 Å². The maximum atomic E-state index is 2.46. The third kappa shape index (κ3) is 14.5. The quantitative estimate of drug-likeness (QED) is 0.0897. The van der Waals surface area contributed by atoms with E-state index in [0.29, 0.717) is 0 Å². The van der Waals surface area contributed by atoms with Crippen molar-refractivity contribution in [3.05, 3.63) is 545 Å². The van der Waals surface area contributed by atoms with Crippen molar-refractivity contribution in [1.29, 1.82) is 0 Å². The normalized spacial score (nSPS) is 12.1. The van der Waals surface area contributed by atoms with Crippen LogP contribution in [-0.2, 0) is 5.41 Å². The zero-order chi connectivity index (χ0) is 93.6. The fraction of sp³-hybridized carbons (Fsp3) is 0.0219. The van der Waals surface area contributed by atoms with Crippen molar-refractivity contribution >= 4 is 132 Å². The summed E-state index contributed by atoms with van der Waals surface area (Å²) >= 11 is 0. The lowest BCUT2D eigenvalue weighted by molar-refractivity contribution is 0.660. The van der Waals surface area contributed by atoms with E-state index in [9.17, 15) is 0 Å². The van der Waals surface area contributed by atoms with Crippen molar-refractivity contribution in [2.45, 2.75) is 19.3 Å². The molecule has 0 unspecified atom stereocenters. The predicted octanol–water partition coefficient (Wildman–Crippen LogP) is 37.9. The molecule has 0 saturated carbocycles. The van der Waals surface area contributed by atoms with E-state index in [1.165, 1.54) is 209 Å². The van der Waals surface area contributed by atoms with E-state index in [4.69, 9.17) is 0 Å². The zero-order valence-corrected chi connectivity index (χ0v) is 78.1. The number of anilines is 6. The summed E-state index contributed by atoms with van der Waals surface area (Å²) in [5.41, 5.74) is 38.6. The van der Waals surface area contributed by atoms with Crippen LogP contribution in [0.25, 0.3) is 209 Å². The van der Waals surface area contributed by atoms with Crippen molar-refractivity contribution < 1.29 is 0 Å². The van der Waals surface area contributed by atoms with Gasteiger partial charge in [0.15, 0.2) is 0 Å². The summed E-state index contributed by atoms with van der Waals surface area (Å²) in [6.07, 6.45) is 0. The highest BCUT2D eigenvalue weighted by atomic mass is 15.1. The smallest absolute Gasteiger partial charge is 0.0541 e. The first-order valence-electron chi connectivity index (χ1n) is 48.8. The van der Waals surface area contributed by atoms with Gasteiger partial charge in [0, 0.05) is 72.5 Å². The van der Waals surface area contributed by atoms with E-state index in [1.54, 1.807) is 0 Å². The van der Waals surface area contributed by atoms with Gasteiger partial charge in [0.1, 0.15) is 0 Å². The summed E-state index contributed by atoms with van der Waals surface area (Å²) in [7, 11) is 0. The van der Waals surface area contributed by atoms with Crippen molar-refractivity contribution in [2.24, 2.45) is 0 Å². The van der Waals surface area contributed by atoms with Crippen molar-refractivity contribution in [1.82, 2.24) is 9.13 Å². The molecule has 0 N–H and O–H groups in total. The molecule has 662 valence electrons. The Bertz CT molecular complexity index is 9120. The summed E-state index contributed by atoms with van der Waals surface area (Å²) in [5.74, 6) is 0. The highest BCUT2D eigenvalue weighted by molar-refractivity contribution is 6.24. The molecular weight excluding hydrogens is 1700 g/mol. The molecule has 1 aliphatic carbocycles. The average molecular weight is 1800 g/mol. The van der Waals surface area contributed by atoms with Crippen molar-refractivity contribution in [3.8, 4) is 112 Å². The fourth-order valence-corrected chi connectivity index (χ4v) is 22.7. The Morgan fingerprint density at radius 3 is 0.780 bits per heavy atom. The van der Waals surface area contributed by atoms with Crippen LogP contribution < -0.4 is 9.80 Å². The standard InChI is InChI=1S/C71H50N2.C66H44N2/c1-71(2)65-29-17-16-24-57(65)58-41-34-52(46-66(58)71)51-36-43-68-64(45-51)63-44-50(47-30-37-55(38-31-47)72(53-20-8-4-9-21-53)54-22-10-5-11-23-54)35-42-67(63)73(68)56-39-32-49(33-40-56)70-61-27-14-12-25-59(61)69(48-18-6-3-7-19-48)60-26-13-15-28-62(60)70;1-4-18-47(19-5-1)65-57-26-12-14-28-59(57)66(60-29-15-13-27-58(60)65)48-33-39-54(40-34-48)68-63-41-35-49(45-31-37-53(38-32-45)67(51-21-6-2-7-22-51)52-23-8-3-9-24-52)43-61(63)62-44-50(36-42-64(62)68)56-30-16-20-46-17-10-11-25-55(46)56/h3-46H,1-2H3;1-44H. The number of nitrogens with zero attached hydrogens (tertiary/aromatic N) is 4. The van der Waals surface area contributed by atoms with Gasteiger partial charge in [-0.05, 0) is 317 Å². The summed E-state index contributed by atoms with van der Waals surface area (Å²) in [5, 5.41) is 17.4. The molecule has 2 aromatic heterocycles. The Balaban J connectivity index is 0.000000145. The second kappa shape index (κ2) is 34.8. The second-order valence-electron chi connectivity index (χ2n) is 37.7. The van der Waals surface area contributed by atoms with E-state index in [1.807, 2.05) is 0 Å². The number of rotatable bonds is 16. The maximum absolute atomic E-state index is 2.46. The van der Waals surface area contributed by atoms with Crippen LogP contribution in [0.1, 0.15) is 25.0 Å². The van der Waals surface area contributed by atoms with E-state index in [2.05, 4.69) is 567 Å². The van der Waals surface area contributed by atoms with Crippen LogP contribution in [0.5, 0.6) is 0 Å². The van der Waals surface area contributed by atoms with E-state index in [-0.39, 0.29) is 5.41 Å². The minimum atomic E-state index is -0.0829. The monoisotopic (exact) mass is 1790 g/mol. The van der Waals surface area contributed by atoms with Gasteiger partial charge in [-0.1, -0.05) is 396 Å². The molecule has 0 spiro atoms. The lowest BCUT2D eigenvalue weighted by Crippen LogP contribution is -2.14. The van der Waals surface area contributed by atoms with Gasteiger partial charge < -0.3 is 18.9 Å². The van der Waals surface area contributed by atoms with Crippen LogP contribution in [0.4, 0.5) is 34.1 Å². The van der Waals surface area contributed by atoms with Gasteiger partial charge in [0.25, 0.3) is 0 Å². The van der Waals surface area contributed by atoms with Gasteiger partial charge in [-0.25, -0.2) is 0 Å². The van der Waals surface area contributed by atoms with Crippen LogP contribution in [0.15, 0.2) is 534 Å². The van der Waals surface area contributed by atoms with Gasteiger partial charge in [0.2, 0.25) is 0 Å². The number of hydrogen-bond acceptors (Lipinski definition) is 2. The Morgan fingerprint density at radius 1 is 0.156 bits per heavy atom. The molecule has 0 atom stereocenters. The van der Waals surface area contributed by atoms with Crippen LogP contribution in [-0.4, -0.2) is 9.13 Å². The van der Waals surface area contributed by atoms with Crippen LogP contribution in [0.2, 0.25) is 0 Å². The minimum absolute atomic E-state index is 0.0829. The van der Waals surface area contributed by atoms with Crippen LogP contribution in [0, 0.1) is 0 Å². The molecule has 0 aliphatic heterocycles. The van der Waals surface area contributed by atoms with E-state index < -0.39 is 0 Å². The molecule has 26 aromatic rings. The number of fused-ring (bicyclic) bond motifs is 14. The maximum Gasteiger partial charge on any atom is 0.0541 e. The molecule has 0 bridgehead atoms. The molecule has 0 radical (unpaired) electrons. The summed E-state index contributed by atoms with van der Waals surface area (Å²) in [4.78, 5) is 4.63. The molecule has 0 fully saturated rings. The average Bonchev–Trinajstić information content (AvgIpc) is 1.67. The highest BCUT2D eigenvalue weighted by Gasteiger charge is 2.36. The lowest BCUT2D eigenvalue weighted by Gasteiger charge is -2.25. The molecule has 24 aromatic carbocycles. The molecule has 4 heteroatoms. The topological polar surface area (TPSA) is 16.3 Å². The number of benzene rings is 24. The second-order valence-corrected chi connectivity index (χ2v) is 37.7. The van der Waals surface area contributed by atoms with Crippen LogP contribution in [0.3, 0.4) is 0 Å². The Kier molecular flexibility index (Phi) is 20.6. The summed E-state index contributed by atoms with van der Waals surface area (Å²) in [6.45, 7) is 4.73. The largest absolute Gasteiger partial charge is 0.311 e. The van der Waals surface area contributed by atoms with Crippen molar-refractivity contribution in [2.75, 3.05) is 9.80 Å². The molecule has 0 saturated heterocycles. The molecular formula is C137H94N4. The first kappa shape index (κ1) is 83.4. The Labute approximate surface area is 820 Å². The van der Waals surface area contributed by atoms with Crippen LogP contribution >= 0.6 is 0 Å². The SMILES string of the molecule is CC1(C)c2ccccc2-c2ccc(-c3ccc4c(c3)c3cc(-c5ccc(N(c6ccccc6)c6ccccc6)cc5)ccc3n4-c3ccc(-c4c5ccccc5c(-c5ccccc5)c5ccccc45)cc3)cc21.c1ccc(-c2c3ccccc3c(-c3ccc(-n4c5ccc(-c6ccc(N(c7ccccc7)c7ccccc7)cc6)cc5c5cc(-c6cccc7ccccc67)ccc54)cc3)c3ccccc23)cc1.